The number of unbranched alkanes of at least 4 members (excludes halogenated alkanes) is 3. The Labute approximate surface area is 94.7 Å². The minimum Gasteiger partial charge on any atom is -0.396 e. The first-order valence-corrected chi connectivity index (χ1v) is 6.31. The molecule has 84 valence electrons. The van der Waals surface area contributed by atoms with Gasteiger partial charge < -0.3 is 5.11 Å². The van der Waals surface area contributed by atoms with Gasteiger partial charge in [0.05, 0.1) is 0 Å². The Kier molecular flexibility index (Phi) is 6.44. The summed E-state index contributed by atoms with van der Waals surface area (Å²) in [6.07, 6.45) is 4.14. The van der Waals surface area contributed by atoms with Crippen molar-refractivity contribution < 1.29 is 9.50 Å². The van der Waals surface area contributed by atoms with E-state index in [1.54, 1.807) is 17.8 Å². The Morgan fingerprint density at radius 2 is 1.80 bits per heavy atom. The number of hydrogen-bond donors (Lipinski definition) is 1. The van der Waals surface area contributed by atoms with E-state index in [-0.39, 0.29) is 12.4 Å². The van der Waals surface area contributed by atoms with Gasteiger partial charge in [-0.05, 0) is 30.7 Å². The van der Waals surface area contributed by atoms with Gasteiger partial charge in [-0.3, -0.25) is 0 Å². The smallest absolute Gasteiger partial charge is 0.136 e. The van der Waals surface area contributed by atoms with E-state index in [4.69, 9.17) is 5.11 Å². The second-order valence-corrected chi connectivity index (χ2v) is 4.55. The lowest BCUT2D eigenvalue weighted by Crippen LogP contribution is -1.86. The van der Waals surface area contributed by atoms with Crippen LogP contribution in [0.25, 0.3) is 0 Å². The number of aliphatic hydroxyl groups excluding tert-OH is 1. The van der Waals surface area contributed by atoms with Crippen molar-refractivity contribution in [3.63, 3.8) is 0 Å². The van der Waals surface area contributed by atoms with Crippen molar-refractivity contribution in [2.45, 2.75) is 30.6 Å². The van der Waals surface area contributed by atoms with E-state index < -0.39 is 0 Å². The highest BCUT2D eigenvalue weighted by molar-refractivity contribution is 7.99. The summed E-state index contributed by atoms with van der Waals surface area (Å²) in [4.78, 5) is 0.736. The van der Waals surface area contributed by atoms with Crippen molar-refractivity contribution in [2.75, 3.05) is 12.4 Å². The molecule has 0 radical (unpaired) electrons. The molecule has 0 aliphatic rings. The Bertz CT molecular complexity index is 278. The molecule has 0 aromatic heterocycles. The minimum absolute atomic E-state index is 0.127. The van der Waals surface area contributed by atoms with E-state index in [2.05, 4.69) is 0 Å². The van der Waals surface area contributed by atoms with Crippen LogP contribution < -0.4 is 0 Å². The predicted octanol–water partition coefficient (Wildman–Crippen LogP) is 3.47. The topological polar surface area (TPSA) is 20.2 Å². The zero-order valence-electron chi connectivity index (χ0n) is 8.79. The van der Waals surface area contributed by atoms with Crippen LogP contribution >= 0.6 is 11.8 Å². The molecule has 0 fully saturated rings. The molecule has 1 aromatic carbocycles. The molecular formula is C12H17FOS. The second kappa shape index (κ2) is 7.71. The first-order valence-electron chi connectivity index (χ1n) is 5.33. The molecule has 0 saturated heterocycles. The molecule has 1 rings (SSSR count). The summed E-state index contributed by atoms with van der Waals surface area (Å²) in [5.74, 6) is 0.824. The Morgan fingerprint density at radius 1 is 1.07 bits per heavy atom. The van der Waals surface area contributed by atoms with Crippen molar-refractivity contribution in [2.24, 2.45) is 0 Å². The second-order valence-electron chi connectivity index (χ2n) is 3.42. The van der Waals surface area contributed by atoms with Crippen molar-refractivity contribution in [3.8, 4) is 0 Å². The van der Waals surface area contributed by atoms with Gasteiger partial charge >= 0.3 is 0 Å². The van der Waals surface area contributed by atoms with E-state index in [1.807, 2.05) is 12.1 Å². The van der Waals surface area contributed by atoms with Crippen molar-refractivity contribution >= 4 is 11.8 Å². The van der Waals surface area contributed by atoms with E-state index in [1.165, 1.54) is 6.07 Å². The molecule has 1 nitrogen and oxygen atoms in total. The third-order valence-corrected chi connectivity index (χ3v) is 3.28. The molecule has 0 atom stereocenters. The van der Waals surface area contributed by atoms with Crippen LogP contribution in [0.2, 0.25) is 0 Å². The Hall–Kier alpha value is -0.540. The molecule has 0 spiro atoms. The zero-order chi connectivity index (χ0) is 10.9. The Morgan fingerprint density at radius 3 is 2.53 bits per heavy atom. The third-order valence-electron chi connectivity index (χ3n) is 2.15. The largest absolute Gasteiger partial charge is 0.396 e. The average molecular weight is 228 g/mol. The van der Waals surface area contributed by atoms with Gasteiger partial charge in [0.15, 0.2) is 0 Å². The minimum atomic E-state index is -0.127. The molecule has 0 saturated carbocycles. The Balaban J connectivity index is 2.12. The molecule has 3 heteroatoms. The van der Waals surface area contributed by atoms with E-state index >= 15 is 0 Å². The van der Waals surface area contributed by atoms with Crippen LogP contribution in [0.1, 0.15) is 25.7 Å². The van der Waals surface area contributed by atoms with Gasteiger partial charge in [0.2, 0.25) is 0 Å². The highest BCUT2D eigenvalue weighted by Crippen LogP contribution is 2.22. The maximum atomic E-state index is 13.2. The van der Waals surface area contributed by atoms with Crippen LogP contribution in [-0.4, -0.2) is 17.5 Å². The molecule has 0 heterocycles. The fraction of sp³-hybridized carbons (Fsp3) is 0.500. The zero-order valence-corrected chi connectivity index (χ0v) is 9.60. The fourth-order valence-electron chi connectivity index (χ4n) is 1.31. The molecule has 1 aromatic rings. The molecule has 0 unspecified atom stereocenters. The molecule has 0 aliphatic heterocycles. The highest BCUT2D eigenvalue weighted by atomic mass is 32.2. The van der Waals surface area contributed by atoms with Crippen molar-refractivity contribution in [1.29, 1.82) is 0 Å². The lowest BCUT2D eigenvalue weighted by Gasteiger charge is -2.02. The standard InChI is InChI=1S/C12H17FOS/c13-11-7-3-4-8-12(11)15-10-6-2-1-5-9-14/h3-4,7-8,14H,1-2,5-6,9-10H2. The van der Waals surface area contributed by atoms with Crippen molar-refractivity contribution in [1.82, 2.24) is 0 Å². The van der Waals surface area contributed by atoms with Crippen LogP contribution in [0.4, 0.5) is 4.39 Å². The monoisotopic (exact) mass is 228 g/mol. The molecule has 15 heavy (non-hydrogen) atoms. The van der Waals surface area contributed by atoms with Crippen molar-refractivity contribution in [3.05, 3.63) is 30.1 Å². The summed E-state index contributed by atoms with van der Waals surface area (Å²) in [7, 11) is 0. The van der Waals surface area contributed by atoms with Gasteiger partial charge in [-0.25, -0.2) is 4.39 Å². The highest BCUT2D eigenvalue weighted by Gasteiger charge is 2.00. The van der Waals surface area contributed by atoms with Gasteiger partial charge in [-0.1, -0.05) is 25.0 Å². The van der Waals surface area contributed by atoms with Gasteiger partial charge in [0.1, 0.15) is 5.82 Å². The van der Waals surface area contributed by atoms with E-state index in [9.17, 15) is 4.39 Å². The van der Waals surface area contributed by atoms with E-state index in [0.29, 0.717) is 0 Å². The maximum Gasteiger partial charge on any atom is 0.136 e. The molecular weight excluding hydrogens is 211 g/mol. The number of halogens is 1. The number of thioether (sulfide) groups is 1. The van der Waals surface area contributed by atoms with Crippen LogP contribution in [0.5, 0.6) is 0 Å². The predicted molar refractivity (Wildman–Crippen MR) is 62.7 cm³/mol. The summed E-state index contributed by atoms with van der Waals surface area (Å²) in [5, 5.41) is 8.58. The van der Waals surface area contributed by atoms with Gasteiger partial charge in [0.25, 0.3) is 0 Å². The quantitative estimate of drug-likeness (QED) is 0.569. The van der Waals surface area contributed by atoms with Gasteiger partial charge in [0, 0.05) is 11.5 Å². The number of aliphatic hydroxyl groups is 1. The first-order chi connectivity index (χ1) is 7.34. The van der Waals surface area contributed by atoms with Gasteiger partial charge in [-0.2, -0.15) is 0 Å². The normalized spacial score (nSPS) is 10.5. The van der Waals surface area contributed by atoms with Crippen LogP contribution in [-0.2, 0) is 0 Å². The third kappa shape index (κ3) is 5.19. The summed E-state index contributed by atoms with van der Waals surface area (Å²) in [6, 6.07) is 6.87. The first kappa shape index (κ1) is 12.5. The van der Waals surface area contributed by atoms with E-state index in [0.717, 1.165) is 36.3 Å². The summed E-state index contributed by atoms with van der Waals surface area (Å²) in [5.41, 5.74) is 0. The summed E-state index contributed by atoms with van der Waals surface area (Å²) < 4.78 is 13.2. The molecule has 0 bridgehead atoms. The molecule has 0 amide bonds. The lowest BCUT2D eigenvalue weighted by atomic mass is 10.2. The number of hydrogen-bond acceptors (Lipinski definition) is 2. The molecule has 0 aliphatic carbocycles. The van der Waals surface area contributed by atoms with Crippen LogP contribution in [0.3, 0.4) is 0 Å². The van der Waals surface area contributed by atoms with Crippen LogP contribution in [0, 0.1) is 5.82 Å². The maximum absolute atomic E-state index is 13.2. The van der Waals surface area contributed by atoms with Gasteiger partial charge in [-0.15, -0.1) is 11.8 Å². The number of benzene rings is 1. The summed E-state index contributed by atoms with van der Waals surface area (Å²) >= 11 is 1.57. The lowest BCUT2D eigenvalue weighted by molar-refractivity contribution is 0.283. The number of rotatable bonds is 7. The van der Waals surface area contributed by atoms with Crippen LogP contribution in [0.15, 0.2) is 29.2 Å². The SMILES string of the molecule is OCCCCCCSc1ccccc1F. The molecule has 1 N–H and O–H groups in total. The average Bonchev–Trinajstić information content (AvgIpc) is 2.25. The summed E-state index contributed by atoms with van der Waals surface area (Å²) in [6.45, 7) is 0.278. The fourth-order valence-corrected chi connectivity index (χ4v) is 2.26.